The molecule has 2 heterocycles. The Morgan fingerprint density at radius 2 is 2.38 bits per heavy atom. The first-order valence-corrected chi connectivity index (χ1v) is 7.12. The number of oxazole rings is 1. The van der Waals surface area contributed by atoms with Crippen LogP contribution in [0.2, 0.25) is 0 Å². The van der Waals surface area contributed by atoms with Crippen molar-refractivity contribution in [3.63, 3.8) is 0 Å². The molecule has 2 N–H and O–H groups in total. The number of carbonyl (C=O) groups excluding carboxylic acids is 1. The molecule has 0 aliphatic rings. The highest BCUT2D eigenvalue weighted by atomic mass is 35.5. The van der Waals surface area contributed by atoms with Crippen molar-refractivity contribution in [3.05, 3.63) is 29.5 Å². The molecule has 2 aromatic rings. The summed E-state index contributed by atoms with van der Waals surface area (Å²) in [5.41, 5.74) is 0.707. The van der Waals surface area contributed by atoms with Crippen LogP contribution in [0.3, 0.4) is 0 Å². The van der Waals surface area contributed by atoms with Gasteiger partial charge in [0.25, 0.3) is 0 Å². The van der Waals surface area contributed by atoms with Crippen molar-refractivity contribution in [2.45, 2.75) is 6.54 Å². The van der Waals surface area contributed by atoms with E-state index >= 15 is 0 Å². The normalized spacial score (nSPS) is 10.1. The molecule has 0 aliphatic heterocycles. The van der Waals surface area contributed by atoms with Gasteiger partial charge in [-0.3, -0.25) is 4.79 Å². The predicted molar refractivity (Wildman–Crippen MR) is 83.7 cm³/mol. The van der Waals surface area contributed by atoms with Crippen molar-refractivity contribution in [3.8, 4) is 10.8 Å². The van der Waals surface area contributed by atoms with Gasteiger partial charge >= 0.3 is 0 Å². The minimum atomic E-state index is -0.0817. The van der Waals surface area contributed by atoms with Crippen LogP contribution in [-0.4, -0.2) is 37.7 Å². The molecule has 0 spiro atoms. The maximum absolute atomic E-state index is 11.5. The van der Waals surface area contributed by atoms with Gasteiger partial charge in [0.05, 0.1) is 30.3 Å². The molecule has 116 valence electrons. The lowest BCUT2D eigenvalue weighted by Crippen LogP contribution is -2.34. The highest BCUT2D eigenvalue weighted by molar-refractivity contribution is 7.13. The summed E-state index contributed by atoms with van der Waals surface area (Å²) in [5.74, 6) is 0.504. The van der Waals surface area contributed by atoms with Crippen LogP contribution in [0.15, 0.2) is 28.2 Å². The van der Waals surface area contributed by atoms with E-state index in [1.165, 1.54) is 0 Å². The van der Waals surface area contributed by atoms with Crippen molar-refractivity contribution in [1.82, 2.24) is 15.6 Å². The molecule has 6 nitrogen and oxygen atoms in total. The van der Waals surface area contributed by atoms with E-state index in [-0.39, 0.29) is 24.9 Å². The molecule has 21 heavy (non-hydrogen) atoms. The standard InChI is InChI=1S/C13H17N3O3S.ClH/c1-18-5-4-14-8-12(17)15-7-10-9-19-13(16-10)11-3-2-6-20-11;/h2-3,6,9,14H,4-5,7-8H2,1H3,(H,15,17);1H. The Morgan fingerprint density at radius 3 is 3.10 bits per heavy atom. The van der Waals surface area contributed by atoms with Gasteiger partial charge in [0.2, 0.25) is 11.8 Å². The van der Waals surface area contributed by atoms with Crippen molar-refractivity contribution in [1.29, 1.82) is 0 Å². The van der Waals surface area contributed by atoms with E-state index in [4.69, 9.17) is 9.15 Å². The van der Waals surface area contributed by atoms with Crippen LogP contribution in [0.25, 0.3) is 10.8 Å². The van der Waals surface area contributed by atoms with E-state index in [1.807, 2.05) is 17.5 Å². The number of thiophene rings is 1. The van der Waals surface area contributed by atoms with Gasteiger partial charge in [0.15, 0.2) is 0 Å². The van der Waals surface area contributed by atoms with Crippen LogP contribution in [0.4, 0.5) is 0 Å². The summed E-state index contributed by atoms with van der Waals surface area (Å²) in [7, 11) is 1.62. The number of nitrogens with zero attached hydrogens (tertiary/aromatic N) is 1. The first-order valence-electron chi connectivity index (χ1n) is 6.24. The fourth-order valence-corrected chi connectivity index (χ4v) is 2.18. The largest absolute Gasteiger partial charge is 0.443 e. The third-order valence-corrected chi connectivity index (χ3v) is 3.38. The van der Waals surface area contributed by atoms with E-state index in [9.17, 15) is 4.79 Å². The Bertz CT molecular complexity index is 531. The Balaban J connectivity index is 0.00000220. The van der Waals surface area contributed by atoms with Gasteiger partial charge in [-0.2, -0.15) is 0 Å². The first-order chi connectivity index (χ1) is 9.79. The summed E-state index contributed by atoms with van der Waals surface area (Å²) < 4.78 is 10.2. The molecule has 0 unspecified atom stereocenters. The second-order valence-corrected chi connectivity index (χ2v) is 5.02. The zero-order chi connectivity index (χ0) is 14.2. The number of hydrogen-bond acceptors (Lipinski definition) is 6. The molecule has 0 fully saturated rings. The van der Waals surface area contributed by atoms with Gasteiger partial charge in [-0.05, 0) is 11.4 Å². The molecule has 0 bridgehead atoms. The SMILES string of the molecule is COCCNCC(=O)NCc1coc(-c2cccs2)n1.Cl. The molecule has 0 atom stereocenters. The highest BCUT2D eigenvalue weighted by Gasteiger charge is 2.08. The van der Waals surface area contributed by atoms with E-state index < -0.39 is 0 Å². The monoisotopic (exact) mass is 331 g/mol. The molecule has 0 aromatic carbocycles. The van der Waals surface area contributed by atoms with Gasteiger partial charge in [-0.1, -0.05) is 6.07 Å². The molecule has 0 radical (unpaired) electrons. The molecule has 1 amide bonds. The lowest BCUT2D eigenvalue weighted by molar-refractivity contribution is -0.120. The van der Waals surface area contributed by atoms with Crippen molar-refractivity contribution >= 4 is 29.7 Å². The lowest BCUT2D eigenvalue weighted by Gasteiger charge is -2.04. The van der Waals surface area contributed by atoms with Gasteiger partial charge in [0, 0.05) is 13.7 Å². The highest BCUT2D eigenvalue weighted by Crippen LogP contribution is 2.23. The lowest BCUT2D eigenvalue weighted by atomic mass is 10.4. The summed E-state index contributed by atoms with van der Waals surface area (Å²) in [5, 5.41) is 7.71. The van der Waals surface area contributed by atoms with Crippen LogP contribution < -0.4 is 10.6 Å². The topological polar surface area (TPSA) is 76.4 Å². The second-order valence-electron chi connectivity index (χ2n) is 4.07. The van der Waals surface area contributed by atoms with E-state index in [0.29, 0.717) is 31.3 Å². The first kappa shape index (κ1) is 17.6. The molecule has 8 heteroatoms. The molecule has 2 aromatic heterocycles. The number of amides is 1. The number of nitrogens with one attached hydrogen (secondary N) is 2. The number of rotatable bonds is 8. The number of methoxy groups -OCH3 is 1. The summed E-state index contributed by atoms with van der Waals surface area (Å²) in [6.45, 7) is 1.86. The average Bonchev–Trinajstić information content (AvgIpc) is 3.11. The maximum atomic E-state index is 11.5. The summed E-state index contributed by atoms with van der Waals surface area (Å²) in [6.07, 6.45) is 1.56. The number of hydrogen-bond donors (Lipinski definition) is 2. The van der Waals surface area contributed by atoms with Gasteiger partial charge in [-0.25, -0.2) is 4.98 Å². The van der Waals surface area contributed by atoms with Crippen LogP contribution in [0.1, 0.15) is 5.69 Å². The smallest absolute Gasteiger partial charge is 0.236 e. The predicted octanol–water partition coefficient (Wildman–Crippen LogP) is 1.68. The van der Waals surface area contributed by atoms with Crippen molar-refractivity contribution < 1.29 is 13.9 Å². The molecular formula is C13H18ClN3O3S. The molecule has 0 saturated carbocycles. The van der Waals surface area contributed by atoms with Crippen molar-refractivity contribution in [2.24, 2.45) is 0 Å². The van der Waals surface area contributed by atoms with Crippen LogP contribution in [0.5, 0.6) is 0 Å². The fourth-order valence-electron chi connectivity index (χ4n) is 1.53. The minimum Gasteiger partial charge on any atom is -0.443 e. The quantitative estimate of drug-likeness (QED) is 0.720. The third-order valence-electron chi connectivity index (χ3n) is 2.52. The summed E-state index contributed by atoms with van der Waals surface area (Å²) in [6, 6.07) is 3.88. The Morgan fingerprint density at radius 1 is 1.52 bits per heavy atom. The Labute approximate surface area is 133 Å². The number of halogens is 1. The van der Waals surface area contributed by atoms with Crippen molar-refractivity contribution in [2.75, 3.05) is 26.8 Å². The van der Waals surface area contributed by atoms with E-state index in [0.717, 1.165) is 4.88 Å². The zero-order valence-corrected chi connectivity index (χ0v) is 13.3. The van der Waals surface area contributed by atoms with Crippen LogP contribution >= 0.6 is 23.7 Å². The van der Waals surface area contributed by atoms with Gasteiger partial charge < -0.3 is 19.8 Å². The Hall–Kier alpha value is -1.41. The van der Waals surface area contributed by atoms with Crippen LogP contribution in [-0.2, 0) is 16.1 Å². The van der Waals surface area contributed by atoms with Crippen LogP contribution in [0, 0.1) is 0 Å². The van der Waals surface area contributed by atoms with E-state index in [2.05, 4.69) is 15.6 Å². The van der Waals surface area contributed by atoms with E-state index in [1.54, 1.807) is 24.7 Å². The summed E-state index contributed by atoms with van der Waals surface area (Å²) in [4.78, 5) is 16.8. The number of ether oxygens (including phenoxy) is 1. The Kier molecular flexibility index (Phi) is 7.99. The van der Waals surface area contributed by atoms with Gasteiger partial charge in [-0.15, -0.1) is 23.7 Å². The minimum absolute atomic E-state index is 0. The zero-order valence-electron chi connectivity index (χ0n) is 11.6. The molecule has 0 aliphatic carbocycles. The third kappa shape index (κ3) is 5.84. The maximum Gasteiger partial charge on any atom is 0.236 e. The summed E-state index contributed by atoms with van der Waals surface area (Å²) >= 11 is 1.56. The molecular weight excluding hydrogens is 314 g/mol. The average molecular weight is 332 g/mol. The number of carbonyl (C=O) groups is 1. The molecule has 2 rings (SSSR count). The molecule has 0 saturated heterocycles. The second kappa shape index (κ2) is 9.51. The number of aromatic nitrogens is 1. The fraction of sp³-hybridized carbons (Fsp3) is 0.385. The van der Waals surface area contributed by atoms with Gasteiger partial charge in [0.1, 0.15) is 6.26 Å².